The van der Waals surface area contributed by atoms with Crippen molar-refractivity contribution >= 4 is 17.9 Å². The zero-order valence-electron chi connectivity index (χ0n) is 51.5. The summed E-state index contributed by atoms with van der Waals surface area (Å²) in [6.07, 6.45) is 96.8. The molecule has 80 heavy (non-hydrogen) atoms. The lowest BCUT2D eigenvalue weighted by Crippen LogP contribution is -2.30. The van der Waals surface area contributed by atoms with Gasteiger partial charge in [0, 0.05) is 19.3 Å². The fourth-order valence-corrected chi connectivity index (χ4v) is 8.49. The number of unbranched alkanes of at least 4 members (excludes halogenated alkanes) is 20. The molecule has 0 fully saturated rings. The molecule has 0 bridgehead atoms. The van der Waals surface area contributed by atoms with Gasteiger partial charge in [-0.2, -0.15) is 0 Å². The maximum Gasteiger partial charge on any atom is 0.306 e. The van der Waals surface area contributed by atoms with Crippen LogP contribution in [0.4, 0.5) is 0 Å². The summed E-state index contributed by atoms with van der Waals surface area (Å²) in [5, 5.41) is 0. The highest BCUT2D eigenvalue weighted by atomic mass is 16.6. The molecule has 0 aliphatic rings. The Morgan fingerprint density at radius 2 is 0.500 bits per heavy atom. The molecule has 1 atom stereocenters. The van der Waals surface area contributed by atoms with Gasteiger partial charge in [0.05, 0.1) is 0 Å². The highest BCUT2D eigenvalue weighted by Crippen LogP contribution is 2.15. The first kappa shape index (κ1) is 75.0. The Balaban J connectivity index is 4.50. The van der Waals surface area contributed by atoms with Gasteiger partial charge in [0.2, 0.25) is 0 Å². The van der Waals surface area contributed by atoms with Gasteiger partial charge in [-0.1, -0.05) is 288 Å². The van der Waals surface area contributed by atoms with Crippen molar-refractivity contribution in [1.29, 1.82) is 0 Å². The molecule has 0 heterocycles. The number of esters is 3. The second-order valence-corrected chi connectivity index (χ2v) is 20.9. The second kappa shape index (κ2) is 66.5. The van der Waals surface area contributed by atoms with Gasteiger partial charge in [-0.15, -0.1) is 0 Å². The van der Waals surface area contributed by atoms with Crippen LogP contribution in [0.25, 0.3) is 0 Å². The molecule has 0 amide bonds. The molecule has 450 valence electrons. The van der Waals surface area contributed by atoms with E-state index in [1.54, 1.807) is 0 Å². The van der Waals surface area contributed by atoms with Gasteiger partial charge in [0.15, 0.2) is 6.10 Å². The first-order chi connectivity index (χ1) is 39.5. The van der Waals surface area contributed by atoms with E-state index >= 15 is 0 Å². The number of allylic oxidation sites excluding steroid dienone is 26. The van der Waals surface area contributed by atoms with Gasteiger partial charge in [-0.05, 0) is 122 Å². The molecule has 6 nitrogen and oxygen atoms in total. The number of hydrogen-bond donors (Lipinski definition) is 0. The predicted octanol–water partition coefficient (Wildman–Crippen LogP) is 22.5. The zero-order chi connectivity index (χ0) is 57.8. The summed E-state index contributed by atoms with van der Waals surface area (Å²) in [5.74, 6) is -0.996. The smallest absolute Gasteiger partial charge is 0.306 e. The molecular formula is C74H118O6. The van der Waals surface area contributed by atoms with Gasteiger partial charge in [-0.3, -0.25) is 14.4 Å². The van der Waals surface area contributed by atoms with Gasteiger partial charge in [-0.25, -0.2) is 0 Å². The predicted molar refractivity (Wildman–Crippen MR) is 348 cm³/mol. The standard InChI is InChI=1S/C74H118O6/c1-4-7-10-13-16-19-22-25-28-31-32-33-34-35-36-37-38-39-40-41-42-44-46-49-52-55-58-61-64-67-73(76)79-70-71(69-78-72(75)66-63-60-57-54-51-48-45-30-27-24-21-18-15-12-9-6-3)80-74(77)68-65-62-59-56-53-50-47-43-29-26-23-20-17-14-11-8-5-2/h7-8,10-11,16-17,19-20,25-26,28-29,32-33,35-36,38-39,41-42,46-47,49-50,55,58,71H,4-6,9,12-15,18,21-24,27,30-31,34,37,40,43-45,48,51-54,56-57,59-70H2,1-3H3/b10-7-,11-8-,19-16-,20-17-,28-25-,29-26-,33-32-,36-35-,39-38-,42-41-,49-46-,50-47-,58-55-. The van der Waals surface area contributed by atoms with Crippen molar-refractivity contribution in [3.05, 3.63) is 158 Å². The van der Waals surface area contributed by atoms with Crippen molar-refractivity contribution < 1.29 is 28.6 Å². The van der Waals surface area contributed by atoms with Gasteiger partial charge in [0.1, 0.15) is 13.2 Å². The molecule has 0 aromatic heterocycles. The molecule has 0 aromatic carbocycles. The molecule has 0 saturated carbocycles. The summed E-state index contributed by atoms with van der Waals surface area (Å²) in [6, 6.07) is 0. The summed E-state index contributed by atoms with van der Waals surface area (Å²) in [5.41, 5.74) is 0. The van der Waals surface area contributed by atoms with Crippen LogP contribution in [0.2, 0.25) is 0 Å². The summed E-state index contributed by atoms with van der Waals surface area (Å²) in [4.78, 5) is 38.3. The maximum absolute atomic E-state index is 12.9. The number of ether oxygens (including phenoxy) is 3. The average Bonchev–Trinajstić information content (AvgIpc) is 3.46. The van der Waals surface area contributed by atoms with E-state index < -0.39 is 6.10 Å². The lowest BCUT2D eigenvalue weighted by molar-refractivity contribution is -0.167. The highest BCUT2D eigenvalue weighted by molar-refractivity contribution is 5.71. The van der Waals surface area contributed by atoms with Crippen LogP contribution in [-0.4, -0.2) is 37.2 Å². The van der Waals surface area contributed by atoms with Crippen molar-refractivity contribution in [2.24, 2.45) is 0 Å². The maximum atomic E-state index is 12.9. The minimum absolute atomic E-state index is 0.110. The van der Waals surface area contributed by atoms with E-state index in [9.17, 15) is 14.4 Å². The molecule has 6 heteroatoms. The van der Waals surface area contributed by atoms with Gasteiger partial charge < -0.3 is 14.2 Å². The number of hydrogen-bond acceptors (Lipinski definition) is 6. The molecule has 0 aliphatic carbocycles. The summed E-state index contributed by atoms with van der Waals surface area (Å²) < 4.78 is 16.9. The van der Waals surface area contributed by atoms with Gasteiger partial charge in [0.25, 0.3) is 0 Å². The van der Waals surface area contributed by atoms with E-state index in [0.29, 0.717) is 12.8 Å². The molecule has 0 rings (SSSR count). The van der Waals surface area contributed by atoms with Crippen LogP contribution in [0.15, 0.2) is 158 Å². The molecule has 0 aromatic rings. The minimum Gasteiger partial charge on any atom is -0.462 e. The van der Waals surface area contributed by atoms with E-state index in [-0.39, 0.29) is 44.0 Å². The van der Waals surface area contributed by atoms with Crippen LogP contribution < -0.4 is 0 Å². The molecular weight excluding hydrogens is 985 g/mol. The minimum atomic E-state index is -0.822. The molecule has 0 spiro atoms. The first-order valence-electron chi connectivity index (χ1n) is 32.5. The van der Waals surface area contributed by atoms with E-state index in [1.165, 1.54) is 83.5 Å². The Morgan fingerprint density at radius 3 is 0.812 bits per heavy atom. The first-order valence-corrected chi connectivity index (χ1v) is 32.5. The number of carbonyl (C=O) groups excluding carboxylic acids is 3. The third kappa shape index (κ3) is 63.9. The largest absolute Gasteiger partial charge is 0.462 e. The van der Waals surface area contributed by atoms with E-state index in [0.717, 1.165) is 141 Å². The Bertz CT molecular complexity index is 1790. The van der Waals surface area contributed by atoms with Crippen molar-refractivity contribution in [3.8, 4) is 0 Å². The third-order valence-electron chi connectivity index (χ3n) is 13.3. The van der Waals surface area contributed by atoms with Crippen molar-refractivity contribution in [2.45, 2.75) is 277 Å². The Labute approximate surface area is 492 Å². The Kier molecular flexibility index (Phi) is 62.4. The van der Waals surface area contributed by atoms with E-state index in [4.69, 9.17) is 14.2 Å². The highest BCUT2D eigenvalue weighted by Gasteiger charge is 2.19. The molecule has 0 radical (unpaired) electrons. The van der Waals surface area contributed by atoms with Crippen LogP contribution in [0.3, 0.4) is 0 Å². The van der Waals surface area contributed by atoms with Crippen LogP contribution in [0, 0.1) is 0 Å². The summed E-state index contributed by atoms with van der Waals surface area (Å²) >= 11 is 0. The fraction of sp³-hybridized carbons (Fsp3) is 0.608. The SMILES string of the molecule is CC/C=C\C/C=C\C/C=C\C/C=C\C/C=C\C/C=C\C/C=C\C/C=C\C/C=C\CCCC(=O)OCC(COC(=O)CCCCCCCCCCCCCCCCCC)OC(=O)CCCCCC/C=C\C/C=C\C/C=C\C/C=C\CC. The lowest BCUT2D eigenvalue weighted by Gasteiger charge is -2.18. The second-order valence-electron chi connectivity index (χ2n) is 20.9. The van der Waals surface area contributed by atoms with Crippen LogP contribution in [-0.2, 0) is 28.6 Å². The Hall–Kier alpha value is -4.97. The van der Waals surface area contributed by atoms with Crippen molar-refractivity contribution in [3.63, 3.8) is 0 Å². The Morgan fingerprint density at radius 1 is 0.263 bits per heavy atom. The fourth-order valence-electron chi connectivity index (χ4n) is 8.49. The van der Waals surface area contributed by atoms with E-state index in [2.05, 4.69) is 179 Å². The summed E-state index contributed by atoms with van der Waals surface area (Å²) in [7, 11) is 0. The molecule has 0 N–H and O–H groups in total. The van der Waals surface area contributed by atoms with Crippen LogP contribution in [0.5, 0.6) is 0 Å². The lowest BCUT2D eigenvalue weighted by atomic mass is 10.0. The average molecular weight is 1100 g/mol. The molecule has 0 aliphatic heterocycles. The van der Waals surface area contributed by atoms with E-state index in [1.807, 2.05) is 0 Å². The van der Waals surface area contributed by atoms with Crippen LogP contribution in [0.1, 0.15) is 271 Å². The number of carbonyl (C=O) groups is 3. The third-order valence-corrected chi connectivity index (χ3v) is 13.3. The molecule has 0 saturated heterocycles. The quantitative estimate of drug-likeness (QED) is 0.0261. The monoisotopic (exact) mass is 1100 g/mol. The van der Waals surface area contributed by atoms with Crippen molar-refractivity contribution in [2.75, 3.05) is 13.2 Å². The topological polar surface area (TPSA) is 78.9 Å². The summed E-state index contributed by atoms with van der Waals surface area (Å²) in [6.45, 7) is 6.35. The normalized spacial score (nSPS) is 13.2. The zero-order valence-corrected chi connectivity index (χ0v) is 51.5. The molecule has 1 unspecified atom stereocenters. The van der Waals surface area contributed by atoms with Crippen molar-refractivity contribution in [1.82, 2.24) is 0 Å². The van der Waals surface area contributed by atoms with Gasteiger partial charge >= 0.3 is 17.9 Å². The van der Waals surface area contributed by atoms with Crippen LogP contribution >= 0.6 is 0 Å². The number of rotatable bonds is 57.